The van der Waals surface area contributed by atoms with E-state index >= 15 is 0 Å². The first-order valence-electron chi connectivity index (χ1n) is 10.1. The van der Waals surface area contributed by atoms with Crippen molar-refractivity contribution in [2.24, 2.45) is 5.73 Å². The van der Waals surface area contributed by atoms with Crippen LogP contribution < -0.4 is 22.7 Å². The molecule has 4 aromatic carbocycles. The quantitative estimate of drug-likeness (QED) is 0.262. The number of nitrogens with two attached hydrogens (primary N) is 1. The van der Waals surface area contributed by atoms with Gasteiger partial charge in [-0.05, 0) is 46.3 Å². The van der Waals surface area contributed by atoms with E-state index in [9.17, 15) is 0 Å². The second-order valence-electron chi connectivity index (χ2n) is 6.96. The van der Waals surface area contributed by atoms with E-state index in [0.717, 1.165) is 20.9 Å². The van der Waals surface area contributed by atoms with Crippen LogP contribution in [0.4, 0.5) is 0 Å². The molecule has 1 atom stereocenters. The minimum atomic E-state index is 0. The van der Waals surface area contributed by atoms with Gasteiger partial charge in [0.1, 0.15) is 0 Å². The Bertz CT molecular complexity index is 1100. The molecule has 1 unspecified atom stereocenters. The van der Waals surface area contributed by atoms with Gasteiger partial charge in [0.05, 0.1) is 11.6 Å². The fraction of sp³-hybridized carbons (Fsp3) is 0.0714. The third-order valence-corrected chi connectivity index (χ3v) is 5.35. The Morgan fingerprint density at radius 3 is 1.74 bits per heavy atom. The van der Waals surface area contributed by atoms with E-state index in [-0.39, 0.29) is 46.1 Å². The normalized spacial score (nSPS) is 9.82. The summed E-state index contributed by atoms with van der Waals surface area (Å²) in [6.07, 6.45) is 0.865. The molecule has 0 spiro atoms. The molecule has 2 nitrogen and oxygen atoms in total. The first-order chi connectivity index (χ1) is 15.5. The van der Waals surface area contributed by atoms with Crippen LogP contribution in [0.25, 0.3) is 0 Å². The Balaban J connectivity index is 0.000000515. The summed E-state index contributed by atoms with van der Waals surface area (Å²) in [5, 5.41) is 8.29. The van der Waals surface area contributed by atoms with Gasteiger partial charge in [-0.15, -0.1) is 12.1 Å². The average Bonchev–Trinajstić information content (AvgIpc) is 2.81. The monoisotopic (exact) mass is 650 g/mol. The Hall–Kier alpha value is -1.59. The maximum absolute atomic E-state index is 8.29. The number of halogens is 3. The molecule has 0 aliphatic carbocycles. The summed E-state index contributed by atoms with van der Waals surface area (Å²) in [6.45, 7) is 3.75. The van der Waals surface area contributed by atoms with Crippen LogP contribution in [0.3, 0.4) is 0 Å². The Kier molecular flexibility index (Phi) is 17.8. The van der Waals surface area contributed by atoms with Gasteiger partial charge < -0.3 is 22.7 Å². The van der Waals surface area contributed by atoms with Crippen molar-refractivity contribution in [1.82, 2.24) is 0 Å². The van der Waals surface area contributed by atoms with Gasteiger partial charge in [0.25, 0.3) is 0 Å². The molecule has 0 amide bonds. The average molecular weight is 654 g/mol. The fourth-order valence-electron chi connectivity index (χ4n) is 2.79. The van der Waals surface area contributed by atoms with Gasteiger partial charge in [-0.25, -0.2) is 0 Å². The van der Waals surface area contributed by atoms with E-state index in [1.165, 1.54) is 11.1 Å². The van der Waals surface area contributed by atoms with Gasteiger partial charge >= 0.3 is 23.1 Å². The molecule has 0 saturated heterocycles. The summed E-state index contributed by atoms with van der Waals surface area (Å²) < 4.78 is 2.19. The van der Waals surface area contributed by atoms with Crippen LogP contribution in [0.2, 0.25) is 0 Å². The van der Waals surface area contributed by atoms with Crippen molar-refractivity contribution in [1.29, 1.82) is 5.26 Å². The summed E-state index contributed by atoms with van der Waals surface area (Å²) in [5.74, 6) is 0. The number of hydrogen-bond acceptors (Lipinski definition) is 2. The van der Waals surface area contributed by atoms with Gasteiger partial charge in [-0.2, -0.15) is 23.8 Å². The predicted molar refractivity (Wildman–Crippen MR) is 147 cm³/mol. The van der Waals surface area contributed by atoms with Crippen LogP contribution in [0.5, 0.6) is 0 Å². The summed E-state index contributed by atoms with van der Waals surface area (Å²) >= 11 is 6.79. The molecule has 0 bridgehead atoms. The minimum Gasteiger partial charge on any atom is -1.00 e. The molecule has 0 aromatic heterocycles. The fourth-order valence-corrected chi connectivity index (χ4v) is 3.68. The van der Waals surface area contributed by atoms with Crippen LogP contribution in [0.1, 0.15) is 28.3 Å². The first kappa shape index (κ1) is 32.4. The van der Waals surface area contributed by atoms with Gasteiger partial charge in [0, 0.05) is 10.5 Å². The standard InChI is InChI=1S/C14H14BrN.C7H6Br.C7H5N.BrH.Mg/c15-13-8-4-5-11(9-13)10-14(16)12-6-2-1-3-7-12;1-6-3-2-4-7(8)5-6;8-6-7-4-2-1-3-5-7;;/h1-9,14H,10,16H2;2-5H,1H2;1-5H;1H;/q;-1;;;+2/p-1. The predicted octanol–water partition coefficient (Wildman–Crippen LogP) is 4.50. The molecular formula is C28H25Br3MgN2. The third-order valence-electron chi connectivity index (χ3n) is 4.36. The van der Waals surface area contributed by atoms with Crippen LogP contribution in [0, 0.1) is 18.3 Å². The maximum Gasteiger partial charge on any atom is 2.00 e. The summed E-state index contributed by atoms with van der Waals surface area (Å²) in [4.78, 5) is 0. The maximum atomic E-state index is 8.29. The van der Waals surface area contributed by atoms with E-state index in [1.807, 2.05) is 78.9 Å². The Morgan fingerprint density at radius 1 is 0.765 bits per heavy atom. The molecule has 34 heavy (non-hydrogen) atoms. The molecule has 0 aliphatic rings. The van der Waals surface area contributed by atoms with Crippen LogP contribution >= 0.6 is 31.9 Å². The number of hydrogen-bond donors (Lipinski definition) is 1. The largest absolute Gasteiger partial charge is 2.00 e. The molecule has 4 rings (SSSR count). The summed E-state index contributed by atoms with van der Waals surface area (Å²) in [5.41, 5.74) is 10.4. The van der Waals surface area contributed by atoms with E-state index in [4.69, 9.17) is 11.0 Å². The van der Waals surface area contributed by atoms with E-state index in [1.54, 1.807) is 12.1 Å². The molecule has 4 aromatic rings. The molecule has 0 radical (unpaired) electrons. The minimum absolute atomic E-state index is 0. The number of rotatable bonds is 3. The molecule has 0 fully saturated rings. The topological polar surface area (TPSA) is 49.8 Å². The zero-order valence-corrected chi connectivity index (χ0v) is 24.9. The molecule has 0 aliphatic heterocycles. The first-order valence-corrected chi connectivity index (χ1v) is 11.6. The second-order valence-corrected chi connectivity index (χ2v) is 8.79. The smallest absolute Gasteiger partial charge is 1.00 e. The van der Waals surface area contributed by atoms with Gasteiger partial charge in [-0.3, -0.25) is 0 Å². The number of benzene rings is 4. The van der Waals surface area contributed by atoms with E-state index < -0.39 is 0 Å². The zero-order valence-electron chi connectivity index (χ0n) is 18.7. The second kappa shape index (κ2) is 18.7. The number of nitrogens with zero attached hydrogens (tertiary/aromatic N) is 1. The molecule has 2 N–H and O–H groups in total. The van der Waals surface area contributed by atoms with Gasteiger partial charge in [0.2, 0.25) is 0 Å². The van der Waals surface area contributed by atoms with E-state index in [2.05, 4.69) is 63.0 Å². The van der Waals surface area contributed by atoms with Crippen molar-refractivity contribution in [2.45, 2.75) is 12.5 Å². The van der Waals surface area contributed by atoms with Gasteiger partial charge in [0.15, 0.2) is 0 Å². The molecule has 0 heterocycles. The van der Waals surface area contributed by atoms with Crippen LogP contribution in [-0.2, 0) is 6.42 Å². The zero-order chi connectivity index (χ0) is 23.2. The van der Waals surface area contributed by atoms with Crippen LogP contribution in [-0.4, -0.2) is 23.1 Å². The van der Waals surface area contributed by atoms with E-state index in [0.29, 0.717) is 5.56 Å². The Morgan fingerprint density at radius 2 is 1.29 bits per heavy atom. The van der Waals surface area contributed by atoms with Gasteiger partial charge in [-0.1, -0.05) is 98.6 Å². The SMILES string of the molecule is N#Cc1ccccc1.NC(Cc1cccc(Br)c1)c1ccccc1.[Br-].[CH2-]c1cccc(Br)c1.[Mg+2]. The van der Waals surface area contributed by atoms with Crippen molar-refractivity contribution in [3.63, 3.8) is 0 Å². The molecule has 170 valence electrons. The molecular weight excluding hydrogens is 628 g/mol. The van der Waals surface area contributed by atoms with Crippen molar-refractivity contribution >= 4 is 54.9 Å². The summed E-state index contributed by atoms with van der Waals surface area (Å²) in [7, 11) is 0. The van der Waals surface area contributed by atoms with Crippen molar-refractivity contribution in [3.8, 4) is 6.07 Å². The molecule has 6 heteroatoms. The molecule has 0 saturated carbocycles. The number of nitriles is 1. The van der Waals surface area contributed by atoms with Crippen molar-refractivity contribution in [3.05, 3.63) is 147 Å². The third kappa shape index (κ3) is 13.3. The Labute approximate surface area is 246 Å². The van der Waals surface area contributed by atoms with Crippen molar-refractivity contribution in [2.75, 3.05) is 0 Å². The van der Waals surface area contributed by atoms with Crippen molar-refractivity contribution < 1.29 is 17.0 Å². The summed E-state index contributed by atoms with van der Waals surface area (Å²) in [6, 6.07) is 37.6. The van der Waals surface area contributed by atoms with Crippen LogP contribution in [0.15, 0.2) is 118 Å².